The number of aromatic nitrogens is 1. The molecule has 0 atom stereocenters. The standard InChI is InChI=1S/C11H20N4O/c1-8-10(9(2)16-15-8)6-5-7-14-11(12-3)13-4/h5-7H2,1-4H3,(H2,12,13,14). The SMILES string of the molecule is CN=C(NC)NCCCc1c(C)noc1C. The van der Waals surface area contributed by atoms with Crippen molar-refractivity contribution in [3.63, 3.8) is 0 Å². The molecule has 0 fully saturated rings. The number of nitrogens with one attached hydrogen (secondary N) is 2. The molecular weight excluding hydrogens is 204 g/mol. The lowest BCUT2D eigenvalue weighted by Gasteiger charge is -2.07. The summed E-state index contributed by atoms with van der Waals surface area (Å²) < 4.78 is 5.11. The van der Waals surface area contributed by atoms with Crippen LogP contribution in [0.1, 0.15) is 23.4 Å². The number of aliphatic imine (C=N–C) groups is 1. The molecule has 0 unspecified atom stereocenters. The van der Waals surface area contributed by atoms with Crippen molar-refractivity contribution < 1.29 is 4.52 Å². The van der Waals surface area contributed by atoms with Crippen LogP contribution in [0.15, 0.2) is 9.52 Å². The number of rotatable bonds is 4. The lowest BCUT2D eigenvalue weighted by molar-refractivity contribution is 0.392. The van der Waals surface area contributed by atoms with Gasteiger partial charge in [0, 0.05) is 26.2 Å². The van der Waals surface area contributed by atoms with Crippen molar-refractivity contribution in [2.75, 3.05) is 20.6 Å². The highest BCUT2D eigenvalue weighted by molar-refractivity contribution is 5.79. The van der Waals surface area contributed by atoms with Crippen LogP contribution in [0.5, 0.6) is 0 Å². The van der Waals surface area contributed by atoms with E-state index in [0.29, 0.717) is 0 Å². The third kappa shape index (κ3) is 3.25. The number of guanidine groups is 1. The molecule has 0 aliphatic rings. The fourth-order valence-corrected chi connectivity index (χ4v) is 1.61. The monoisotopic (exact) mass is 224 g/mol. The van der Waals surface area contributed by atoms with E-state index in [1.54, 1.807) is 7.05 Å². The molecule has 1 rings (SSSR count). The van der Waals surface area contributed by atoms with Crippen molar-refractivity contribution in [3.05, 3.63) is 17.0 Å². The molecule has 90 valence electrons. The summed E-state index contributed by atoms with van der Waals surface area (Å²) >= 11 is 0. The highest BCUT2D eigenvalue weighted by atomic mass is 16.5. The van der Waals surface area contributed by atoms with Crippen molar-refractivity contribution in [2.45, 2.75) is 26.7 Å². The molecule has 5 heteroatoms. The molecule has 16 heavy (non-hydrogen) atoms. The predicted molar refractivity (Wildman–Crippen MR) is 64.7 cm³/mol. The quantitative estimate of drug-likeness (QED) is 0.455. The minimum absolute atomic E-state index is 0.818. The first-order valence-corrected chi connectivity index (χ1v) is 5.49. The normalized spacial score (nSPS) is 11.6. The third-order valence-electron chi connectivity index (χ3n) is 2.54. The van der Waals surface area contributed by atoms with Gasteiger partial charge in [-0.2, -0.15) is 0 Å². The maximum absolute atomic E-state index is 5.11. The van der Waals surface area contributed by atoms with Crippen LogP contribution in [0.4, 0.5) is 0 Å². The molecule has 2 N–H and O–H groups in total. The lowest BCUT2D eigenvalue weighted by atomic mass is 10.1. The number of hydrogen-bond donors (Lipinski definition) is 2. The number of hydrogen-bond acceptors (Lipinski definition) is 3. The smallest absolute Gasteiger partial charge is 0.190 e. The Morgan fingerprint density at radius 1 is 1.44 bits per heavy atom. The molecule has 1 aromatic rings. The van der Waals surface area contributed by atoms with E-state index in [9.17, 15) is 0 Å². The molecule has 0 aliphatic heterocycles. The molecule has 0 spiro atoms. The zero-order valence-corrected chi connectivity index (χ0v) is 10.4. The van der Waals surface area contributed by atoms with Crippen LogP contribution in [0.25, 0.3) is 0 Å². The van der Waals surface area contributed by atoms with E-state index in [-0.39, 0.29) is 0 Å². The molecule has 0 saturated heterocycles. The minimum Gasteiger partial charge on any atom is -0.361 e. The Morgan fingerprint density at radius 3 is 2.69 bits per heavy atom. The first-order valence-electron chi connectivity index (χ1n) is 5.49. The summed E-state index contributed by atoms with van der Waals surface area (Å²) in [7, 11) is 3.61. The van der Waals surface area contributed by atoms with Gasteiger partial charge in [-0.25, -0.2) is 0 Å². The van der Waals surface area contributed by atoms with E-state index >= 15 is 0 Å². The zero-order chi connectivity index (χ0) is 12.0. The summed E-state index contributed by atoms with van der Waals surface area (Å²) in [6.45, 7) is 4.82. The van der Waals surface area contributed by atoms with Crippen LogP contribution < -0.4 is 10.6 Å². The van der Waals surface area contributed by atoms with Crippen molar-refractivity contribution in [2.24, 2.45) is 4.99 Å². The fraction of sp³-hybridized carbons (Fsp3) is 0.636. The first-order chi connectivity index (χ1) is 7.69. The minimum atomic E-state index is 0.818. The van der Waals surface area contributed by atoms with Gasteiger partial charge in [-0.3, -0.25) is 4.99 Å². The second-order valence-electron chi connectivity index (χ2n) is 3.66. The summed E-state index contributed by atoms with van der Waals surface area (Å²) in [5.74, 6) is 1.74. The predicted octanol–water partition coefficient (Wildman–Crippen LogP) is 1.02. The van der Waals surface area contributed by atoms with E-state index in [1.165, 1.54) is 5.56 Å². The average molecular weight is 224 g/mol. The van der Waals surface area contributed by atoms with Gasteiger partial charge in [0.2, 0.25) is 0 Å². The average Bonchev–Trinajstić information content (AvgIpc) is 2.60. The summed E-state index contributed by atoms with van der Waals surface area (Å²) in [5.41, 5.74) is 2.22. The van der Waals surface area contributed by atoms with Gasteiger partial charge >= 0.3 is 0 Å². The lowest BCUT2D eigenvalue weighted by Crippen LogP contribution is -2.35. The van der Waals surface area contributed by atoms with Crippen molar-refractivity contribution >= 4 is 5.96 Å². The van der Waals surface area contributed by atoms with Crippen LogP contribution in [0.2, 0.25) is 0 Å². The van der Waals surface area contributed by atoms with Crippen LogP contribution in [-0.2, 0) is 6.42 Å². The van der Waals surface area contributed by atoms with E-state index in [0.717, 1.165) is 36.8 Å². The molecule has 0 aliphatic carbocycles. The second-order valence-corrected chi connectivity index (χ2v) is 3.66. The molecular formula is C11H20N4O. The molecule has 0 bridgehead atoms. The van der Waals surface area contributed by atoms with Crippen LogP contribution >= 0.6 is 0 Å². The van der Waals surface area contributed by atoms with Crippen LogP contribution in [0.3, 0.4) is 0 Å². The van der Waals surface area contributed by atoms with E-state index in [1.807, 2.05) is 20.9 Å². The Morgan fingerprint density at radius 2 is 2.19 bits per heavy atom. The molecule has 0 radical (unpaired) electrons. The Labute approximate surface area is 96.3 Å². The molecule has 1 aromatic heterocycles. The molecule has 0 aromatic carbocycles. The van der Waals surface area contributed by atoms with Gasteiger partial charge in [0.25, 0.3) is 0 Å². The van der Waals surface area contributed by atoms with Crippen molar-refractivity contribution in [1.82, 2.24) is 15.8 Å². The maximum atomic E-state index is 5.11. The molecule has 0 saturated carbocycles. The Hall–Kier alpha value is -1.52. The molecule has 1 heterocycles. The van der Waals surface area contributed by atoms with Gasteiger partial charge in [0.05, 0.1) is 5.69 Å². The molecule has 5 nitrogen and oxygen atoms in total. The van der Waals surface area contributed by atoms with Crippen molar-refractivity contribution in [3.8, 4) is 0 Å². The zero-order valence-electron chi connectivity index (χ0n) is 10.4. The number of aryl methyl sites for hydroxylation is 2. The number of nitrogens with zero attached hydrogens (tertiary/aromatic N) is 2. The Kier molecular flexibility index (Phi) is 4.82. The maximum Gasteiger partial charge on any atom is 0.190 e. The fourth-order valence-electron chi connectivity index (χ4n) is 1.61. The summed E-state index contributed by atoms with van der Waals surface area (Å²) in [6, 6.07) is 0. The highest BCUT2D eigenvalue weighted by Gasteiger charge is 2.07. The van der Waals surface area contributed by atoms with Gasteiger partial charge in [-0.1, -0.05) is 5.16 Å². The van der Waals surface area contributed by atoms with Gasteiger partial charge in [-0.05, 0) is 26.7 Å². The first kappa shape index (κ1) is 12.5. The summed E-state index contributed by atoms with van der Waals surface area (Å²) in [5, 5.41) is 10.1. The third-order valence-corrected chi connectivity index (χ3v) is 2.54. The van der Waals surface area contributed by atoms with Crippen LogP contribution in [0, 0.1) is 13.8 Å². The summed E-state index contributed by atoms with van der Waals surface area (Å²) in [4.78, 5) is 4.04. The van der Waals surface area contributed by atoms with E-state index < -0.39 is 0 Å². The summed E-state index contributed by atoms with van der Waals surface area (Å²) in [6.07, 6.45) is 2.01. The van der Waals surface area contributed by atoms with Gasteiger partial charge < -0.3 is 15.2 Å². The largest absolute Gasteiger partial charge is 0.361 e. The van der Waals surface area contributed by atoms with E-state index in [2.05, 4.69) is 20.8 Å². The van der Waals surface area contributed by atoms with Crippen molar-refractivity contribution in [1.29, 1.82) is 0 Å². The molecule has 0 amide bonds. The van der Waals surface area contributed by atoms with Crippen LogP contribution in [-0.4, -0.2) is 31.8 Å². The van der Waals surface area contributed by atoms with Gasteiger partial charge in [0.15, 0.2) is 5.96 Å². The Bertz CT molecular complexity index is 337. The van der Waals surface area contributed by atoms with E-state index in [4.69, 9.17) is 4.52 Å². The van der Waals surface area contributed by atoms with Gasteiger partial charge in [0.1, 0.15) is 5.76 Å². The van der Waals surface area contributed by atoms with Gasteiger partial charge in [-0.15, -0.1) is 0 Å². The topological polar surface area (TPSA) is 62.5 Å². The highest BCUT2D eigenvalue weighted by Crippen LogP contribution is 2.13. The second kappa shape index (κ2) is 6.15. The Balaban J connectivity index is 2.31.